The average Bonchev–Trinajstić information content (AvgIpc) is 3.47. The van der Waals surface area contributed by atoms with Gasteiger partial charge in [-0.1, -0.05) is 24.3 Å². The highest BCUT2D eigenvalue weighted by Crippen LogP contribution is 2.34. The van der Waals surface area contributed by atoms with Crippen LogP contribution in [0.3, 0.4) is 0 Å². The Bertz CT molecular complexity index is 1330. The van der Waals surface area contributed by atoms with E-state index in [1.165, 1.54) is 0 Å². The zero-order valence-corrected chi connectivity index (χ0v) is 18.1. The number of nitrogens with zero attached hydrogens (tertiary/aromatic N) is 1. The Labute approximate surface area is 195 Å². The number of rotatable bonds is 6. The molecule has 8 heteroatoms. The summed E-state index contributed by atoms with van der Waals surface area (Å²) in [5, 5.41) is 0. The van der Waals surface area contributed by atoms with E-state index in [4.69, 9.17) is 23.7 Å². The van der Waals surface area contributed by atoms with Gasteiger partial charge in [-0.2, -0.15) is 0 Å². The first-order valence-corrected chi connectivity index (χ1v) is 10.6. The average molecular weight is 457 g/mol. The first kappa shape index (κ1) is 21.3. The zero-order chi connectivity index (χ0) is 23.5. The van der Waals surface area contributed by atoms with Crippen LogP contribution in [0.15, 0.2) is 77.4 Å². The number of hydrogen-bond donors (Lipinski definition) is 0. The molecule has 0 unspecified atom stereocenters. The van der Waals surface area contributed by atoms with E-state index in [0.29, 0.717) is 40.5 Å². The first-order valence-electron chi connectivity index (χ1n) is 10.6. The summed E-state index contributed by atoms with van der Waals surface area (Å²) in [6, 6.07) is 19.0. The number of carbonyl (C=O) groups excluding carboxylic acids is 2. The number of ether oxygens (including phenoxy) is 5. The summed E-state index contributed by atoms with van der Waals surface area (Å²) in [6.45, 7) is 2.29. The van der Waals surface area contributed by atoms with E-state index in [9.17, 15) is 9.59 Å². The van der Waals surface area contributed by atoms with Gasteiger partial charge in [0.1, 0.15) is 0 Å². The van der Waals surface area contributed by atoms with Crippen molar-refractivity contribution in [3.8, 4) is 23.0 Å². The van der Waals surface area contributed by atoms with E-state index in [0.717, 1.165) is 0 Å². The highest BCUT2D eigenvalue weighted by molar-refractivity contribution is 6.12. The number of cyclic esters (lactones) is 1. The van der Waals surface area contributed by atoms with Gasteiger partial charge in [-0.25, -0.2) is 14.6 Å². The van der Waals surface area contributed by atoms with Crippen LogP contribution in [0.2, 0.25) is 0 Å². The van der Waals surface area contributed by atoms with Crippen LogP contribution in [-0.2, 0) is 9.53 Å². The Morgan fingerprint density at radius 2 is 1.82 bits per heavy atom. The molecule has 3 aromatic rings. The minimum Gasteiger partial charge on any atom is -0.490 e. The van der Waals surface area contributed by atoms with Gasteiger partial charge in [0, 0.05) is 5.56 Å². The molecule has 0 atom stereocenters. The van der Waals surface area contributed by atoms with E-state index in [1.807, 2.05) is 37.3 Å². The third kappa shape index (κ3) is 4.33. The fourth-order valence-corrected chi connectivity index (χ4v) is 3.42. The van der Waals surface area contributed by atoms with E-state index in [2.05, 4.69) is 4.99 Å². The zero-order valence-electron chi connectivity index (χ0n) is 18.1. The Hall–Kier alpha value is -4.59. The Morgan fingerprint density at radius 1 is 1.00 bits per heavy atom. The van der Waals surface area contributed by atoms with Gasteiger partial charge in [-0.3, -0.25) is 0 Å². The lowest BCUT2D eigenvalue weighted by atomic mass is 10.1. The molecule has 8 nitrogen and oxygen atoms in total. The molecule has 0 radical (unpaired) electrons. The third-order valence-electron chi connectivity index (χ3n) is 5.02. The second-order valence-electron chi connectivity index (χ2n) is 7.30. The van der Waals surface area contributed by atoms with E-state index in [-0.39, 0.29) is 24.1 Å². The second-order valence-corrected chi connectivity index (χ2v) is 7.30. The Balaban J connectivity index is 1.38. The molecular weight excluding hydrogens is 438 g/mol. The van der Waals surface area contributed by atoms with Gasteiger partial charge in [0.2, 0.25) is 12.7 Å². The number of esters is 2. The maximum absolute atomic E-state index is 12.7. The predicted octanol–water partition coefficient (Wildman–Crippen LogP) is 4.38. The van der Waals surface area contributed by atoms with Crippen LogP contribution in [0, 0.1) is 0 Å². The molecule has 0 N–H and O–H groups in total. The molecule has 2 heterocycles. The number of carbonyl (C=O) groups is 2. The quantitative estimate of drug-likeness (QED) is 0.308. The fraction of sp³-hybridized carbons (Fsp3) is 0.115. The highest BCUT2D eigenvalue weighted by atomic mass is 16.7. The van der Waals surface area contributed by atoms with E-state index >= 15 is 0 Å². The summed E-state index contributed by atoms with van der Waals surface area (Å²) in [5.74, 6) is 0.791. The van der Waals surface area contributed by atoms with Crippen LogP contribution in [0.25, 0.3) is 6.08 Å². The number of fused-ring (bicyclic) bond motifs is 1. The molecule has 0 aromatic heterocycles. The van der Waals surface area contributed by atoms with Crippen LogP contribution in [0.5, 0.6) is 23.0 Å². The maximum atomic E-state index is 12.7. The van der Waals surface area contributed by atoms with Crippen molar-refractivity contribution in [2.75, 3.05) is 13.4 Å². The molecular formula is C26H19NO7. The standard InChI is InChI=1S/C26H19NO7/c1-2-30-22-13-16(12-19-26(29)34-24(27-19)17-6-4-3-5-7-17)8-10-21(22)33-25(28)18-9-11-20-23(14-18)32-15-31-20/h3-14H,2,15H2,1H3. The summed E-state index contributed by atoms with van der Waals surface area (Å²) in [4.78, 5) is 29.3. The largest absolute Gasteiger partial charge is 0.490 e. The third-order valence-corrected chi connectivity index (χ3v) is 5.02. The minimum absolute atomic E-state index is 0.115. The molecule has 34 heavy (non-hydrogen) atoms. The van der Waals surface area contributed by atoms with Crippen molar-refractivity contribution in [1.82, 2.24) is 0 Å². The van der Waals surface area contributed by atoms with Gasteiger partial charge < -0.3 is 23.7 Å². The van der Waals surface area contributed by atoms with Gasteiger partial charge in [0.05, 0.1) is 12.2 Å². The molecule has 2 aliphatic rings. The SMILES string of the molecule is CCOc1cc(C=C2N=C(c3ccccc3)OC2=O)ccc1OC(=O)c1ccc2c(c1)OCO2. The number of hydrogen-bond acceptors (Lipinski definition) is 8. The van der Waals surface area contributed by atoms with Crippen molar-refractivity contribution < 1.29 is 33.3 Å². The van der Waals surface area contributed by atoms with Crippen molar-refractivity contribution in [2.24, 2.45) is 4.99 Å². The summed E-state index contributed by atoms with van der Waals surface area (Å²) < 4.78 is 27.1. The molecule has 0 spiro atoms. The lowest BCUT2D eigenvalue weighted by Gasteiger charge is -2.11. The van der Waals surface area contributed by atoms with Crippen molar-refractivity contribution in [3.05, 3.63) is 89.1 Å². The maximum Gasteiger partial charge on any atom is 0.363 e. The van der Waals surface area contributed by atoms with Crippen molar-refractivity contribution in [1.29, 1.82) is 0 Å². The van der Waals surface area contributed by atoms with E-state index < -0.39 is 11.9 Å². The number of benzene rings is 3. The molecule has 0 fully saturated rings. The molecule has 3 aromatic carbocycles. The van der Waals surface area contributed by atoms with Gasteiger partial charge in [0.15, 0.2) is 28.7 Å². The van der Waals surface area contributed by atoms with Crippen LogP contribution in [0.4, 0.5) is 0 Å². The lowest BCUT2D eigenvalue weighted by molar-refractivity contribution is -0.129. The van der Waals surface area contributed by atoms with Crippen LogP contribution < -0.4 is 18.9 Å². The summed E-state index contributed by atoms with van der Waals surface area (Å²) >= 11 is 0. The van der Waals surface area contributed by atoms with Gasteiger partial charge in [0.25, 0.3) is 0 Å². The van der Waals surface area contributed by atoms with Gasteiger partial charge >= 0.3 is 11.9 Å². The number of aliphatic imine (C=N–C) groups is 1. The molecule has 2 aliphatic heterocycles. The Kier molecular flexibility index (Phi) is 5.70. The predicted molar refractivity (Wildman–Crippen MR) is 122 cm³/mol. The van der Waals surface area contributed by atoms with Crippen molar-refractivity contribution in [3.63, 3.8) is 0 Å². The second kappa shape index (κ2) is 9.11. The first-order chi connectivity index (χ1) is 16.6. The van der Waals surface area contributed by atoms with Crippen LogP contribution in [0.1, 0.15) is 28.4 Å². The monoisotopic (exact) mass is 457 g/mol. The summed E-state index contributed by atoms with van der Waals surface area (Å²) in [6.07, 6.45) is 1.59. The highest BCUT2D eigenvalue weighted by Gasteiger charge is 2.24. The molecule has 0 aliphatic carbocycles. The topological polar surface area (TPSA) is 92.7 Å². The molecule has 0 bridgehead atoms. The van der Waals surface area contributed by atoms with Crippen LogP contribution in [-0.4, -0.2) is 31.2 Å². The smallest absolute Gasteiger partial charge is 0.363 e. The Morgan fingerprint density at radius 3 is 2.65 bits per heavy atom. The molecule has 0 saturated heterocycles. The summed E-state index contributed by atoms with van der Waals surface area (Å²) in [5.41, 5.74) is 1.82. The normalized spacial score (nSPS) is 15.1. The summed E-state index contributed by atoms with van der Waals surface area (Å²) in [7, 11) is 0. The van der Waals surface area contributed by atoms with Gasteiger partial charge in [-0.05, 0) is 61.0 Å². The molecule has 170 valence electrons. The van der Waals surface area contributed by atoms with Crippen LogP contribution >= 0.6 is 0 Å². The molecule has 5 rings (SSSR count). The van der Waals surface area contributed by atoms with Gasteiger partial charge in [-0.15, -0.1) is 0 Å². The van der Waals surface area contributed by atoms with Crippen molar-refractivity contribution in [2.45, 2.75) is 6.92 Å². The fourth-order valence-electron chi connectivity index (χ4n) is 3.42. The minimum atomic E-state index is -0.568. The molecule has 0 saturated carbocycles. The van der Waals surface area contributed by atoms with Crippen molar-refractivity contribution >= 4 is 23.9 Å². The molecule has 0 amide bonds. The lowest BCUT2D eigenvalue weighted by Crippen LogP contribution is -2.09. The van der Waals surface area contributed by atoms with E-state index in [1.54, 1.807) is 42.5 Å².